The third-order valence-electron chi connectivity index (χ3n) is 2.79. The van der Waals surface area contributed by atoms with Crippen molar-refractivity contribution in [1.29, 1.82) is 0 Å². The largest absolute Gasteiger partial charge is 0.153 e. The van der Waals surface area contributed by atoms with Crippen LogP contribution < -0.4 is 0 Å². The molecule has 0 N–H and O–H groups in total. The van der Waals surface area contributed by atoms with Gasteiger partial charge in [-0.25, -0.2) is 0 Å². The highest BCUT2D eigenvalue weighted by Gasteiger charge is 2.16. The van der Waals surface area contributed by atoms with E-state index in [4.69, 9.17) is 0 Å². The van der Waals surface area contributed by atoms with Gasteiger partial charge in [0.05, 0.1) is 0 Å². The molecule has 1 aliphatic heterocycles. The molecular weight excluding hydrogens is 232 g/mol. The molecular formula is C14H18S2. The van der Waals surface area contributed by atoms with Gasteiger partial charge in [-0.2, -0.15) is 11.8 Å². The third kappa shape index (κ3) is 3.60. The molecule has 0 spiro atoms. The minimum atomic E-state index is 0.660. The first kappa shape index (κ1) is 12.1. The van der Waals surface area contributed by atoms with Crippen molar-refractivity contribution in [1.82, 2.24) is 0 Å². The summed E-state index contributed by atoms with van der Waals surface area (Å²) in [5, 5.41) is 0.660. The van der Waals surface area contributed by atoms with Crippen LogP contribution in [0.25, 0.3) is 0 Å². The molecule has 1 aliphatic rings. The minimum Gasteiger partial charge on any atom is -0.153 e. The lowest BCUT2D eigenvalue weighted by atomic mass is 10.1. The average Bonchev–Trinajstić information content (AvgIpc) is 2.53. The molecule has 1 saturated heterocycles. The van der Waals surface area contributed by atoms with Gasteiger partial charge in [0.25, 0.3) is 0 Å². The van der Waals surface area contributed by atoms with Crippen molar-refractivity contribution in [3.63, 3.8) is 0 Å². The Hall–Kier alpha value is -0.340. The van der Waals surface area contributed by atoms with Gasteiger partial charge in [0.15, 0.2) is 0 Å². The van der Waals surface area contributed by atoms with E-state index in [1.165, 1.54) is 41.2 Å². The Labute approximate surface area is 107 Å². The molecule has 1 heterocycles. The Bertz CT molecular complexity index is 332. The van der Waals surface area contributed by atoms with E-state index in [-0.39, 0.29) is 0 Å². The Morgan fingerprint density at radius 2 is 2.00 bits per heavy atom. The second-order valence-corrected chi connectivity index (χ2v) is 6.58. The van der Waals surface area contributed by atoms with Gasteiger partial charge in [-0.1, -0.05) is 36.9 Å². The van der Waals surface area contributed by atoms with Gasteiger partial charge < -0.3 is 0 Å². The lowest BCUT2D eigenvalue weighted by molar-refractivity contribution is 0.852. The molecule has 1 unspecified atom stereocenters. The van der Waals surface area contributed by atoms with Crippen LogP contribution in [0.2, 0.25) is 0 Å². The monoisotopic (exact) mass is 250 g/mol. The maximum atomic E-state index is 4.21. The van der Waals surface area contributed by atoms with Crippen molar-refractivity contribution < 1.29 is 0 Å². The van der Waals surface area contributed by atoms with Crippen molar-refractivity contribution in [2.75, 3.05) is 11.5 Å². The average molecular weight is 250 g/mol. The highest BCUT2D eigenvalue weighted by atomic mass is 32.2. The predicted octanol–water partition coefficient (Wildman–Crippen LogP) is 4.37. The SMILES string of the molecule is C=C1SCCCSC1CCc1ccccc1. The molecule has 2 rings (SSSR count). The van der Waals surface area contributed by atoms with E-state index in [0.29, 0.717) is 5.25 Å². The molecule has 1 fully saturated rings. The highest BCUT2D eigenvalue weighted by Crippen LogP contribution is 2.34. The van der Waals surface area contributed by atoms with E-state index in [9.17, 15) is 0 Å². The summed E-state index contributed by atoms with van der Waals surface area (Å²) in [6, 6.07) is 10.8. The second kappa shape index (κ2) is 6.41. The van der Waals surface area contributed by atoms with Gasteiger partial charge in [-0.15, -0.1) is 11.8 Å². The molecule has 1 aromatic carbocycles. The van der Waals surface area contributed by atoms with E-state index in [1.54, 1.807) is 0 Å². The molecule has 16 heavy (non-hydrogen) atoms. The lowest BCUT2D eigenvalue weighted by Gasteiger charge is -2.15. The molecule has 1 atom stereocenters. The van der Waals surface area contributed by atoms with Gasteiger partial charge in [-0.05, 0) is 41.2 Å². The maximum absolute atomic E-state index is 4.21. The summed E-state index contributed by atoms with van der Waals surface area (Å²) in [5.41, 5.74) is 1.45. The highest BCUT2D eigenvalue weighted by molar-refractivity contribution is 8.06. The van der Waals surface area contributed by atoms with Crippen LogP contribution in [0.4, 0.5) is 0 Å². The summed E-state index contributed by atoms with van der Waals surface area (Å²) in [5.74, 6) is 2.55. The van der Waals surface area contributed by atoms with Crippen LogP contribution in [0, 0.1) is 0 Å². The lowest BCUT2D eigenvalue weighted by Crippen LogP contribution is -2.04. The fourth-order valence-corrected chi connectivity index (χ4v) is 4.37. The van der Waals surface area contributed by atoms with Crippen molar-refractivity contribution in [3.05, 3.63) is 47.4 Å². The maximum Gasteiger partial charge on any atom is 0.0354 e. The van der Waals surface area contributed by atoms with E-state index < -0.39 is 0 Å². The van der Waals surface area contributed by atoms with E-state index in [2.05, 4.69) is 48.7 Å². The van der Waals surface area contributed by atoms with E-state index in [1.807, 2.05) is 11.8 Å². The molecule has 0 aliphatic carbocycles. The zero-order chi connectivity index (χ0) is 11.2. The zero-order valence-electron chi connectivity index (χ0n) is 9.52. The normalized spacial score (nSPS) is 21.8. The number of rotatable bonds is 3. The topological polar surface area (TPSA) is 0 Å². The molecule has 0 bridgehead atoms. The fourth-order valence-electron chi connectivity index (χ4n) is 1.86. The number of hydrogen-bond acceptors (Lipinski definition) is 2. The third-order valence-corrected chi connectivity index (χ3v) is 5.54. The standard InChI is InChI=1S/C14H18S2/c1-12-14(16-11-5-10-15-12)9-8-13-6-3-2-4-7-13/h2-4,6-7,14H,1,5,8-11H2. The van der Waals surface area contributed by atoms with Crippen LogP contribution in [0.3, 0.4) is 0 Å². The number of thioether (sulfide) groups is 2. The Morgan fingerprint density at radius 1 is 1.19 bits per heavy atom. The first-order chi connectivity index (χ1) is 7.86. The summed E-state index contributed by atoms with van der Waals surface area (Å²) in [6.07, 6.45) is 3.74. The smallest absolute Gasteiger partial charge is 0.0354 e. The zero-order valence-corrected chi connectivity index (χ0v) is 11.2. The van der Waals surface area contributed by atoms with Crippen LogP contribution in [0.1, 0.15) is 18.4 Å². The van der Waals surface area contributed by atoms with Crippen molar-refractivity contribution in [2.24, 2.45) is 0 Å². The van der Waals surface area contributed by atoms with Gasteiger partial charge in [0.1, 0.15) is 0 Å². The van der Waals surface area contributed by atoms with Crippen molar-refractivity contribution in [2.45, 2.75) is 24.5 Å². The van der Waals surface area contributed by atoms with Gasteiger partial charge in [-0.3, -0.25) is 0 Å². The molecule has 86 valence electrons. The summed E-state index contributed by atoms with van der Waals surface area (Å²) in [4.78, 5) is 1.39. The molecule has 2 heteroatoms. The first-order valence-electron chi connectivity index (χ1n) is 5.83. The van der Waals surface area contributed by atoms with Crippen LogP contribution in [0.5, 0.6) is 0 Å². The molecule has 0 saturated carbocycles. The van der Waals surface area contributed by atoms with Crippen LogP contribution in [-0.4, -0.2) is 16.8 Å². The van der Waals surface area contributed by atoms with E-state index >= 15 is 0 Å². The van der Waals surface area contributed by atoms with Crippen molar-refractivity contribution in [3.8, 4) is 0 Å². The van der Waals surface area contributed by atoms with Gasteiger partial charge >= 0.3 is 0 Å². The number of aryl methyl sites for hydroxylation is 1. The number of hydrogen-bond donors (Lipinski definition) is 0. The van der Waals surface area contributed by atoms with Gasteiger partial charge in [0.2, 0.25) is 0 Å². The summed E-state index contributed by atoms with van der Waals surface area (Å²) < 4.78 is 0. The number of benzene rings is 1. The molecule has 0 radical (unpaired) electrons. The molecule has 0 nitrogen and oxygen atoms in total. The molecule has 0 amide bonds. The quantitative estimate of drug-likeness (QED) is 0.781. The predicted molar refractivity (Wildman–Crippen MR) is 77.2 cm³/mol. The van der Waals surface area contributed by atoms with Crippen molar-refractivity contribution >= 4 is 23.5 Å². The van der Waals surface area contributed by atoms with Crippen LogP contribution in [0.15, 0.2) is 41.8 Å². The second-order valence-electron chi connectivity index (χ2n) is 4.05. The van der Waals surface area contributed by atoms with Crippen LogP contribution in [-0.2, 0) is 6.42 Å². The summed E-state index contributed by atoms with van der Waals surface area (Å²) >= 11 is 4.06. The molecule has 0 aromatic heterocycles. The van der Waals surface area contributed by atoms with Crippen LogP contribution >= 0.6 is 23.5 Å². The minimum absolute atomic E-state index is 0.660. The fraction of sp³-hybridized carbons (Fsp3) is 0.429. The van der Waals surface area contributed by atoms with Gasteiger partial charge in [0, 0.05) is 5.25 Å². The summed E-state index contributed by atoms with van der Waals surface area (Å²) in [7, 11) is 0. The first-order valence-corrected chi connectivity index (χ1v) is 7.87. The van der Waals surface area contributed by atoms with E-state index in [0.717, 1.165) is 0 Å². The molecule has 1 aromatic rings. The Balaban J connectivity index is 1.86. The Morgan fingerprint density at radius 3 is 2.81 bits per heavy atom. The summed E-state index contributed by atoms with van der Waals surface area (Å²) in [6.45, 7) is 4.21. The Kier molecular flexibility index (Phi) is 4.86.